The summed E-state index contributed by atoms with van der Waals surface area (Å²) in [4.78, 5) is 4.31. The SMILES string of the molecule is S=C(Nc1cccc(/C=C/c2ccccn2)c1)NC1CC2CCC1C2. The van der Waals surface area contributed by atoms with Gasteiger partial charge in [-0.25, -0.2) is 0 Å². The molecule has 2 aromatic rings. The monoisotopic (exact) mass is 349 g/mol. The van der Waals surface area contributed by atoms with E-state index >= 15 is 0 Å². The highest BCUT2D eigenvalue weighted by Gasteiger charge is 2.39. The molecule has 0 aliphatic heterocycles. The normalized spacial score (nSPS) is 24.6. The molecule has 2 aliphatic carbocycles. The van der Waals surface area contributed by atoms with Crippen molar-refractivity contribution in [3.05, 3.63) is 59.9 Å². The highest BCUT2D eigenvalue weighted by Crippen LogP contribution is 2.44. The second-order valence-corrected chi connectivity index (χ2v) is 7.50. The van der Waals surface area contributed by atoms with E-state index in [1.807, 2.05) is 36.4 Å². The molecule has 0 saturated heterocycles. The summed E-state index contributed by atoms with van der Waals surface area (Å²) < 4.78 is 0. The smallest absolute Gasteiger partial charge is 0.171 e. The largest absolute Gasteiger partial charge is 0.359 e. The molecular formula is C21H23N3S. The molecule has 1 heterocycles. The molecule has 128 valence electrons. The number of benzene rings is 1. The van der Waals surface area contributed by atoms with Crippen LogP contribution in [-0.4, -0.2) is 16.1 Å². The Morgan fingerprint density at radius 2 is 2.04 bits per heavy atom. The molecular weight excluding hydrogens is 326 g/mol. The van der Waals surface area contributed by atoms with Crippen LogP contribution in [0, 0.1) is 11.8 Å². The van der Waals surface area contributed by atoms with Crippen LogP contribution in [0.1, 0.15) is 36.9 Å². The number of hydrogen-bond acceptors (Lipinski definition) is 2. The third-order valence-corrected chi connectivity index (χ3v) is 5.55. The molecule has 0 radical (unpaired) electrons. The summed E-state index contributed by atoms with van der Waals surface area (Å²) >= 11 is 5.52. The maximum absolute atomic E-state index is 5.52. The summed E-state index contributed by atoms with van der Waals surface area (Å²) in [6, 6.07) is 14.7. The van der Waals surface area contributed by atoms with Gasteiger partial charge in [-0.1, -0.05) is 30.7 Å². The van der Waals surface area contributed by atoms with E-state index in [9.17, 15) is 0 Å². The Labute approximate surface area is 154 Å². The molecule has 1 aromatic carbocycles. The van der Waals surface area contributed by atoms with Crippen molar-refractivity contribution in [2.75, 3.05) is 5.32 Å². The average molecular weight is 350 g/mol. The lowest BCUT2D eigenvalue weighted by Gasteiger charge is -2.24. The van der Waals surface area contributed by atoms with Crippen LogP contribution in [0.25, 0.3) is 12.2 Å². The zero-order valence-corrected chi connectivity index (χ0v) is 15.0. The molecule has 2 bridgehead atoms. The predicted molar refractivity (Wildman–Crippen MR) is 108 cm³/mol. The van der Waals surface area contributed by atoms with Gasteiger partial charge < -0.3 is 10.6 Å². The minimum Gasteiger partial charge on any atom is -0.359 e. The van der Waals surface area contributed by atoms with Gasteiger partial charge in [0.1, 0.15) is 0 Å². The molecule has 3 nitrogen and oxygen atoms in total. The van der Waals surface area contributed by atoms with E-state index in [4.69, 9.17) is 12.2 Å². The third kappa shape index (κ3) is 4.07. The van der Waals surface area contributed by atoms with Gasteiger partial charge in [0.15, 0.2) is 5.11 Å². The van der Waals surface area contributed by atoms with E-state index in [0.717, 1.165) is 33.9 Å². The van der Waals surface area contributed by atoms with Crippen LogP contribution < -0.4 is 10.6 Å². The first-order valence-corrected chi connectivity index (χ1v) is 9.44. The number of thiocarbonyl (C=S) groups is 1. The van der Waals surface area contributed by atoms with Crippen molar-refractivity contribution in [3.8, 4) is 0 Å². The Kier molecular flexibility index (Phi) is 4.79. The fourth-order valence-electron chi connectivity index (χ4n) is 4.13. The lowest BCUT2D eigenvalue weighted by molar-refractivity contribution is 0.392. The van der Waals surface area contributed by atoms with Crippen molar-refractivity contribution in [2.45, 2.75) is 31.7 Å². The van der Waals surface area contributed by atoms with Crippen molar-refractivity contribution in [1.29, 1.82) is 0 Å². The van der Waals surface area contributed by atoms with E-state index in [0.29, 0.717) is 6.04 Å². The minimum absolute atomic E-state index is 0.561. The molecule has 4 rings (SSSR count). The quantitative estimate of drug-likeness (QED) is 0.783. The topological polar surface area (TPSA) is 37.0 Å². The van der Waals surface area contributed by atoms with Crippen LogP contribution in [0.15, 0.2) is 48.7 Å². The summed E-state index contributed by atoms with van der Waals surface area (Å²) in [6.45, 7) is 0. The number of nitrogens with one attached hydrogen (secondary N) is 2. The molecule has 25 heavy (non-hydrogen) atoms. The zero-order valence-electron chi connectivity index (χ0n) is 14.2. The van der Waals surface area contributed by atoms with E-state index in [1.54, 1.807) is 6.20 Å². The minimum atomic E-state index is 0.561. The van der Waals surface area contributed by atoms with Gasteiger partial charge >= 0.3 is 0 Å². The van der Waals surface area contributed by atoms with Gasteiger partial charge in [0, 0.05) is 17.9 Å². The molecule has 2 N–H and O–H groups in total. The highest BCUT2D eigenvalue weighted by atomic mass is 32.1. The molecule has 4 heteroatoms. The Balaban J connectivity index is 1.36. The summed E-state index contributed by atoms with van der Waals surface area (Å²) in [6.07, 6.45) is 11.3. The Bertz CT molecular complexity index is 772. The van der Waals surface area contributed by atoms with Gasteiger partial charge in [-0.05, 0) is 79.2 Å². The van der Waals surface area contributed by atoms with Crippen LogP contribution in [0.4, 0.5) is 5.69 Å². The first-order valence-electron chi connectivity index (χ1n) is 9.03. The second-order valence-electron chi connectivity index (χ2n) is 7.09. The fraction of sp³-hybridized carbons (Fsp3) is 0.333. The number of rotatable bonds is 4. The number of fused-ring (bicyclic) bond motifs is 2. The van der Waals surface area contributed by atoms with Gasteiger partial charge in [-0.2, -0.15) is 0 Å². The van der Waals surface area contributed by atoms with E-state index in [-0.39, 0.29) is 0 Å². The lowest BCUT2D eigenvalue weighted by atomic mass is 9.96. The number of pyridine rings is 1. The fourth-order valence-corrected chi connectivity index (χ4v) is 4.40. The molecule has 2 aliphatic rings. The van der Waals surface area contributed by atoms with Crippen LogP contribution >= 0.6 is 12.2 Å². The highest BCUT2D eigenvalue weighted by molar-refractivity contribution is 7.80. The summed E-state index contributed by atoms with van der Waals surface area (Å²) in [5.41, 5.74) is 3.09. The maximum atomic E-state index is 5.52. The molecule has 1 aromatic heterocycles. The molecule has 2 saturated carbocycles. The van der Waals surface area contributed by atoms with Crippen LogP contribution in [0.5, 0.6) is 0 Å². The number of hydrogen-bond donors (Lipinski definition) is 2. The third-order valence-electron chi connectivity index (χ3n) is 5.33. The van der Waals surface area contributed by atoms with Crippen LogP contribution in [0.2, 0.25) is 0 Å². The Morgan fingerprint density at radius 1 is 1.08 bits per heavy atom. The van der Waals surface area contributed by atoms with Crippen molar-refractivity contribution >= 4 is 35.2 Å². The van der Waals surface area contributed by atoms with Crippen molar-refractivity contribution < 1.29 is 0 Å². The average Bonchev–Trinajstić information content (AvgIpc) is 3.24. The first-order chi connectivity index (χ1) is 12.3. The van der Waals surface area contributed by atoms with Crippen molar-refractivity contribution in [3.63, 3.8) is 0 Å². The summed E-state index contributed by atoms with van der Waals surface area (Å²) in [5.74, 6) is 1.74. The number of anilines is 1. The van der Waals surface area contributed by atoms with Gasteiger partial charge in [-0.15, -0.1) is 0 Å². The van der Waals surface area contributed by atoms with Gasteiger partial charge in [0.2, 0.25) is 0 Å². The zero-order chi connectivity index (χ0) is 17.1. The standard InChI is InChI=1S/C21H23N3S/c25-21(24-20-14-16-7-9-17(20)12-16)23-19-6-3-4-15(13-19)8-10-18-5-1-2-11-22-18/h1-6,8,10-11,13,16-17,20H,7,9,12,14H2,(H2,23,24,25)/b10-8+. The molecule has 2 fully saturated rings. The van der Waals surface area contributed by atoms with Crippen molar-refractivity contribution in [2.24, 2.45) is 11.8 Å². The Morgan fingerprint density at radius 3 is 2.80 bits per heavy atom. The second kappa shape index (κ2) is 7.36. The van der Waals surface area contributed by atoms with E-state index < -0.39 is 0 Å². The molecule has 0 amide bonds. The summed E-state index contributed by atoms with van der Waals surface area (Å²) in [7, 11) is 0. The lowest BCUT2D eigenvalue weighted by Crippen LogP contribution is -2.40. The number of nitrogens with zero attached hydrogens (tertiary/aromatic N) is 1. The van der Waals surface area contributed by atoms with E-state index in [1.165, 1.54) is 25.7 Å². The first kappa shape index (κ1) is 16.3. The Hall–Kier alpha value is -2.20. The van der Waals surface area contributed by atoms with Crippen LogP contribution in [-0.2, 0) is 0 Å². The predicted octanol–water partition coefficient (Wildman–Crippen LogP) is 4.73. The molecule has 3 unspecified atom stereocenters. The maximum Gasteiger partial charge on any atom is 0.171 e. The van der Waals surface area contributed by atoms with E-state index in [2.05, 4.69) is 33.8 Å². The number of aromatic nitrogens is 1. The van der Waals surface area contributed by atoms with Crippen LogP contribution in [0.3, 0.4) is 0 Å². The van der Waals surface area contributed by atoms with Crippen molar-refractivity contribution in [1.82, 2.24) is 10.3 Å². The van der Waals surface area contributed by atoms with Gasteiger partial charge in [0.05, 0.1) is 5.69 Å². The van der Waals surface area contributed by atoms with Gasteiger partial charge in [-0.3, -0.25) is 4.98 Å². The molecule has 3 atom stereocenters. The van der Waals surface area contributed by atoms with Gasteiger partial charge in [0.25, 0.3) is 0 Å². The summed E-state index contributed by atoms with van der Waals surface area (Å²) in [5, 5.41) is 7.61. The molecule has 0 spiro atoms.